The van der Waals surface area contributed by atoms with Gasteiger partial charge in [0.15, 0.2) is 0 Å². The average Bonchev–Trinajstić information content (AvgIpc) is 2.49. The Morgan fingerprint density at radius 3 is 1.41 bits per heavy atom. The van der Waals surface area contributed by atoms with Crippen LogP contribution < -0.4 is 10.6 Å². The first-order valence-corrected chi connectivity index (χ1v) is 10.8. The third-order valence-corrected chi connectivity index (χ3v) is 8.01. The Kier molecular flexibility index (Phi) is 12.8. The molecule has 0 bridgehead atoms. The SMILES string of the molecule is CO[SiH](OC)C(C)CCNC(=O)NCCC(C)[SiH](OC)OC. The summed E-state index contributed by atoms with van der Waals surface area (Å²) in [6.45, 7) is 5.41. The third-order valence-electron chi connectivity index (χ3n) is 3.63. The van der Waals surface area contributed by atoms with E-state index in [9.17, 15) is 4.79 Å². The zero-order chi connectivity index (χ0) is 17.0. The molecular weight excluding hydrogens is 320 g/mol. The minimum absolute atomic E-state index is 0.138. The molecule has 2 atom stereocenters. The number of rotatable bonds is 12. The predicted octanol–water partition coefficient (Wildman–Crippen LogP) is 0.873. The maximum absolute atomic E-state index is 11.7. The van der Waals surface area contributed by atoms with Crippen molar-refractivity contribution in [3.05, 3.63) is 0 Å². The summed E-state index contributed by atoms with van der Waals surface area (Å²) in [6, 6.07) is -0.138. The molecule has 0 saturated heterocycles. The average molecular weight is 353 g/mol. The maximum atomic E-state index is 11.7. The highest BCUT2D eigenvalue weighted by molar-refractivity contribution is 6.46. The molecule has 0 aromatic rings. The second-order valence-corrected chi connectivity index (χ2v) is 11.0. The molecule has 0 aromatic carbocycles. The van der Waals surface area contributed by atoms with Crippen LogP contribution in [0.4, 0.5) is 4.79 Å². The standard InChI is InChI=1S/C13H32N2O5Si2/c1-11(21(17-3)18-4)7-9-14-13(16)15-10-8-12(2)22(19-5)20-6/h11-12,21-22H,7-10H2,1-6H3,(H2,14,15,16). The van der Waals surface area contributed by atoms with Crippen LogP contribution in [0.25, 0.3) is 0 Å². The highest BCUT2D eigenvalue weighted by Gasteiger charge is 2.20. The third kappa shape index (κ3) is 8.86. The summed E-state index contributed by atoms with van der Waals surface area (Å²) < 4.78 is 21.3. The van der Waals surface area contributed by atoms with Gasteiger partial charge in [-0.25, -0.2) is 4.79 Å². The van der Waals surface area contributed by atoms with Crippen molar-refractivity contribution in [3.8, 4) is 0 Å². The lowest BCUT2D eigenvalue weighted by Gasteiger charge is -2.19. The molecule has 0 aliphatic carbocycles. The van der Waals surface area contributed by atoms with Crippen molar-refractivity contribution in [2.24, 2.45) is 0 Å². The first-order chi connectivity index (χ1) is 10.5. The molecule has 2 unspecified atom stereocenters. The predicted molar refractivity (Wildman–Crippen MR) is 91.8 cm³/mol. The number of urea groups is 1. The van der Waals surface area contributed by atoms with Gasteiger partial charge in [0, 0.05) is 41.5 Å². The van der Waals surface area contributed by atoms with Gasteiger partial charge in [-0.05, 0) is 23.9 Å². The second-order valence-electron chi connectivity index (χ2n) is 5.39. The van der Waals surface area contributed by atoms with E-state index in [4.69, 9.17) is 17.7 Å². The number of carbonyl (C=O) groups excluding carboxylic acids is 1. The lowest BCUT2D eigenvalue weighted by Crippen LogP contribution is -2.38. The van der Waals surface area contributed by atoms with Gasteiger partial charge in [-0.3, -0.25) is 0 Å². The number of hydrogen-bond acceptors (Lipinski definition) is 5. The first kappa shape index (κ1) is 21.5. The van der Waals surface area contributed by atoms with E-state index in [2.05, 4.69) is 24.5 Å². The molecule has 0 radical (unpaired) electrons. The van der Waals surface area contributed by atoms with Gasteiger partial charge in [0.2, 0.25) is 0 Å². The second kappa shape index (κ2) is 13.0. The number of hydrogen-bond donors (Lipinski definition) is 2. The van der Waals surface area contributed by atoms with Crippen molar-refractivity contribution in [2.45, 2.75) is 37.8 Å². The molecule has 0 aliphatic rings. The molecule has 2 amide bonds. The summed E-state index contributed by atoms with van der Waals surface area (Å²) >= 11 is 0. The van der Waals surface area contributed by atoms with Gasteiger partial charge in [0.1, 0.15) is 0 Å². The van der Waals surface area contributed by atoms with Gasteiger partial charge in [-0.15, -0.1) is 0 Å². The van der Waals surface area contributed by atoms with E-state index in [0.29, 0.717) is 24.2 Å². The molecule has 22 heavy (non-hydrogen) atoms. The summed E-state index contributed by atoms with van der Waals surface area (Å²) in [4.78, 5) is 11.7. The highest BCUT2D eigenvalue weighted by atomic mass is 28.3. The van der Waals surface area contributed by atoms with E-state index in [1.807, 2.05) is 0 Å². The lowest BCUT2D eigenvalue weighted by molar-refractivity contribution is 0.238. The first-order valence-electron chi connectivity index (χ1n) is 7.62. The van der Waals surface area contributed by atoms with Crippen molar-refractivity contribution in [1.29, 1.82) is 0 Å². The minimum atomic E-state index is -1.60. The number of amides is 2. The Bertz CT molecular complexity index is 266. The molecule has 0 aromatic heterocycles. The van der Waals surface area contributed by atoms with Crippen molar-refractivity contribution >= 4 is 24.6 Å². The molecule has 0 heterocycles. The molecule has 0 aliphatic heterocycles. The summed E-state index contributed by atoms with van der Waals surface area (Å²) in [6.07, 6.45) is 1.70. The van der Waals surface area contributed by atoms with Gasteiger partial charge >= 0.3 is 24.6 Å². The molecular formula is C13H32N2O5Si2. The van der Waals surface area contributed by atoms with Crippen molar-refractivity contribution in [1.82, 2.24) is 10.6 Å². The fourth-order valence-corrected chi connectivity index (χ4v) is 5.40. The number of nitrogens with one attached hydrogen (secondary N) is 2. The summed E-state index contributed by atoms with van der Waals surface area (Å²) in [7, 11) is 3.50. The molecule has 9 heteroatoms. The van der Waals surface area contributed by atoms with Crippen molar-refractivity contribution in [2.75, 3.05) is 41.5 Å². The molecule has 7 nitrogen and oxygen atoms in total. The number of carbonyl (C=O) groups is 1. The van der Waals surface area contributed by atoms with Gasteiger partial charge in [-0.1, -0.05) is 13.8 Å². The van der Waals surface area contributed by atoms with E-state index >= 15 is 0 Å². The Morgan fingerprint density at radius 1 is 0.818 bits per heavy atom. The van der Waals surface area contributed by atoms with Crippen LogP contribution in [-0.4, -0.2) is 66.1 Å². The maximum Gasteiger partial charge on any atom is 0.323 e. The fourth-order valence-electron chi connectivity index (χ4n) is 2.28. The molecule has 2 N–H and O–H groups in total. The highest BCUT2D eigenvalue weighted by Crippen LogP contribution is 2.15. The monoisotopic (exact) mass is 352 g/mol. The van der Waals surface area contributed by atoms with Crippen LogP contribution in [0.1, 0.15) is 26.7 Å². The van der Waals surface area contributed by atoms with E-state index in [-0.39, 0.29) is 6.03 Å². The Morgan fingerprint density at radius 2 is 1.14 bits per heavy atom. The zero-order valence-electron chi connectivity index (χ0n) is 14.7. The zero-order valence-corrected chi connectivity index (χ0v) is 17.0. The van der Waals surface area contributed by atoms with Crippen LogP contribution >= 0.6 is 0 Å². The summed E-state index contributed by atoms with van der Waals surface area (Å²) in [5.41, 5.74) is 0.705. The van der Waals surface area contributed by atoms with E-state index < -0.39 is 18.6 Å². The van der Waals surface area contributed by atoms with Gasteiger partial charge in [0.25, 0.3) is 0 Å². The van der Waals surface area contributed by atoms with Crippen LogP contribution in [0, 0.1) is 0 Å². The van der Waals surface area contributed by atoms with Gasteiger partial charge < -0.3 is 28.3 Å². The smallest absolute Gasteiger partial charge is 0.323 e. The van der Waals surface area contributed by atoms with Crippen LogP contribution in [-0.2, 0) is 17.7 Å². The molecule has 132 valence electrons. The molecule has 0 spiro atoms. The van der Waals surface area contributed by atoms with Crippen LogP contribution in [0.3, 0.4) is 0 Å². The normalized spacial score (nSPS) is 14.2. The van der Waals surface area contributed by atoms with Crippen molar-refractivity contribution in [3.63, 3.8) is 0 Å². The summed E-state index contributed by atoms with van der Waals surface area (Å²) in [5.74, 6) is 0. The molecule has 0 fully saturated rings. The molecule has 0 rings (SSSR count). The van der Waals surface area contributed by atoms with E-state index in [0.717, 1.165) is 12.8 Å². The quantitative estimate of drug-likeness (QED) is 0.510. The van der Waals surface area contributed by atoms with E-state index in [1.54, 1.807) is 28.4 Å². The van der Waals surface area contributed by atoms with Crippen LogP contribution in [0.15, 0.2) is 0 Å². The van der Waals surface area contributed by atoms with Gasteiger partial charge in [0.05, 0.1) is 0 Å². The van der Waals surface area contributed by atoms with Crippen LogP contribution in [0.2, 0.25) is 11.1 Å². The van der Waals surface area contributed by atoms with Gasteiger partial charge in [-0.2, -0.15) is 0 Å². The Labute approximate surface area is 137 Å². The van der Waals surface area contributed by atoms with E-state index in [1.165, 1.54) is 0 Å². The van der Waals surface area contributed by atoms with Crippen LogP contribution in [0.5, 0.6) is 0 Å². The topological polar surface area (TPSA) is 78.1 Å². The fraction of sp³-hybridized carbons (Fsp3) is 0.923. The lowest BCUT2D eigenvalue weighted by atomic mass is 10.3. The largest absolute Gasteiger partial charge is 0.400 e. The Hall–Kier alpha value is -0.456. The Balaban J connectivity index is 3.78. The minimum Gasteiger partial charge on any atom is -0.400 e. The molecule has 0 saturated carbocycles. The van der Waals surface area contributed by atoms with Crippen molar-refractivity contribution < 1.29 is 22.5 Å². The summed E-state index contributed by atoms with van der Waals surface area (Å²) in [5, 5.41) is 5.71.